The number of aromatic amines is 1. The molecule has 17 nitrogen and oxygen atoms in total. The van der Waals surface area contributed by atoms with Crippen LogP contribution in [0.4, 0.5) is 0 Å². The largest absolute Gasteiger partial charge is 0.462 e. The number of carbonyl (C=O) groups excluding carboxylic acids is 4. The SMILES string of the molecule is Cc1ccccc1CNC(=O)[C@H]1N(C(=O)[C@@H](O)[C@H](Cc2ccccc2)NC(=O)CC(C)(C)C(=O)OC[C@H]2O[C@@H](n3cc(C)c(=O)[nH]c3=O)C[C@@H]2N=[N+]=[N-])CSC1(C)C. The van der Waals surface area contributed by atoms with Gasteiger partial charge in [0.1, 0.15) is 25.0 Å². The van der Waals surface area contributed by atoms with Crippen LogP contribution in [0.15, 0.2) is 75.5 Å². The van der Waals surface area contributed by atoms with E-state index in [0.717, 1.165) is 16.7 Å². The Morgan fingerprint density at radius 3 is 2.48 bits per heavy atom. The summed E-state index contributed by atoms with van der Waals surface area (Å²) in [4.78, 5) is 85.6. The van der Waals surface area contributed by atoms with Crippen LogP contribution in [0, 0.1) is 19.3 Å². The summed E-state index contributed by atoms with van der Waals surface area (Å²) in [6, 6.07) is 13.8. The van der Waals surface area contributed by atoms with Crippen LogP contribution in [0.5, 0.6) is 0 Å². The van der Waals surface area contributed by atoms with Crippen LogP contribution in [0.3, 0.4) is 0 Å². The number of rotatable bonds is 15. The molecule has 0 bridgehead atoms. The van der Waals surface area contributed by atoms with Crippen molar-refractivity contribution in [3.8, 4) is 0 Å². The van der Waals surface area contributed by atoms with E-state index in [4.69, 9.17) is 15.0 Å². The lowest BCUT2D eigenvalue weighted by molar-refractivity contribution is -0.161. The minimum Gasteiger partial charge on any atom is -0.462 e. The molecule has 3 amide bonds. The fourth-order valence-electron chi connectivity index (χ4n) is 7.06. The summed E-state index contributed by atoms with van der Waals surface area (Å²) >= 11 is 1.41. The number of hydrogen-bond acceptors (Lipinski definition) is 11. The summed E-state index contributed by atoms with van der Waals surface area (Å²) in [5.74, 6) is -2.37. The summed E-state index contributed by atoms with van der Waals surface area (Å²) in [6.45, 7) is 10.1. The Bertz CT molecular complexity index is 2170. The molecule has 2 saturated heterocycles. The zero-order valence-corrected chi connectivity index (χ0v) is 34.2. The van der Waals surface area contributed by atoms with Gasteiger partial charge in [-0.25, -0.2) is 4.79 Å². The Balaban J connectivity index is 1.25. The standard InChI is InChI=1S/C40H50N8O9S/c1-23-12-10-11-15-26(23)19-42-35(52)33-40(5,6)58-22-48(33)36(53)32(50)28(16-25-13-8-7-9-14-25)43-30(49)18-39(3,4)37(54)56-21-29-27(45-46-41)17-31(57-29)47-20-24(2)34(51)44-38(47)55/h7-15,20,27-29,31-33,50H,16-19,21-22H2,1-6H3,(H,42,52)(H,43,49)(H,44,51,55)/t27-,28-,29+,31+,32-,33+/m0/s1. The van der Waals surface area contributed by atoms with Crippen LogP contribution >= 0.6 is 11.8 Å². The Labute approximate surface area is 339 Å². The molecule has 2 fully saturated rings. The van der Waals surface area contributed by atoms with Gasteiger partial charge in [-0.3, -0.25) is 33.5 Å². The van der Waals surface area contributed by atoms with E-state index in [1.165, 1.54) is 48.2 Å². The molecule has 310 valence electrons. The van der Waals surface area contributed by atoms with Gasteiger partial charge in [0.2, 0.25) is 11.8 Å². The number of ether oxygens (including phenoxy) is 2. The molecule has 4 N–H and O–H groups in total. The van der Waals surface area contributed by atoms with Crippen molar-refractivity contribution < 1.29 is 33.8 Å². The molecule has 0 radical (unpaired) electrons. The number of H-pyrrole nitrogens is 1. The van der Waals surface area contributed by atoms with Crippen molar-refractivity contribution in [1.29, 1.82) is 0 Å². The third kappa shape index (κ3) is 10.4. The van der Waals surface area contributed by atoms with Gasteiger partial charge in [0, 0.05) is 40.8 Å². The molecule has 0 spiro atoms. The van der Waals surface area contributed by atoms with Gasteiger partial charge < -0.3 is 30.1 Å². The summed E-state index contributed by atoms with van der Waals surface area (Å²) in [5.41, 5.74) is 9.40. The maximum absolute atomic E-state index is 14.1. The highest BCUT2D eigenvalue weighted by Crippen LogP contribution is 2.40. The molecular weight excluding hydrogens is 769 g/mol. The Hall–Kier alpha value is -5.42. The van der Waals surface area contributed by atoms with E-state index < -0.39 is 82.2 Å². The number of benzene rings is 2. The monoisotopic (exact) mass is 818 g/mol. The van der Waals surface area contributed by atoms with Crippen molar-refractivity contribution in [1.82, 2.24) is 25.1 Å². The second kappa shape index (κ2) is 18.4. The molecule has 18 heteroatoms. The number of aliphatic hydroxyl groups is 1. The van der Waals surface area contributed by atoms with Crippen molar-refractivity contribution in [3.05, 3.63) is 114 Å². The van der Waals surface area contributed by atoms with Crippen molar-refractivity contribution in [2.24, 2.45) is 10.5 Å². The smallest absolute Gasteiger partial charge is 0.330 e. The lowest BCUT2D eigenvalue weighted by Crippen LogP contribution is -2.58. The molecule has 2 aromatic carbocycles. The summed E-state index contributed by atoms with van der Waals surface area (Å²) in [6.07, 6.45) is -2.52. The first-order valence-corrected chi connectivity index (χ1v) is 19.9. The highest BCUT2D eigenvalue weighted by molar-refractivity contribution is 8.00. The van der Waals surface area contributed by atoms with Gasteiger partial charge in [0.15, 0.2) is 6.10 Å². The maximum atomic E-state index is 14.1. The van der Waals surface area contributed by atoms with E-state index in [-0.39, 0.29) is 43.3 Å². The molecule has 0 saturated carbocycles. The second-order valence-electron chi connectivity index (χ2n) is 15.8. The van der Waals surface area contributed by atoms with Gasteiger partial charge in [0.05, 0.1) is 23.4 Å². The lowest BCUT2D eigenvalue weighted by Gasteiger charge is -2.33. The average Bonchev–Trinajstić information content (AvgIpc) is 3.73. The van der Waals surface area contributed by atoms with E-state index >= 15 is 0 Å². The van der Waals surface area contributed by atoms with Crippen molar-refractivity contribution in [2.45, 2.75) is 109 Å². The first kappa shape index (κ1) is 43.7. The minimum atomic E-state index is -1.75. The number of nitrogens with zero attached hydrogens (tertiary/aromatic N) is 5. The molecule has 1 aromatic heterocycles. The number of aliphatic hydroxyl groups excluding tert-OH is 1. The van der Waals surface area contributed by atoms with Crippen LogP contribution < -0.4 is 21.9 Å². The third-order valence-corrected chi connectivity index (χ3v) is 11.8. The van der Waals surface area contributed by atoms with Crippen molar-refractivity contribution in [2.75, 3.05) is 12.5 Å². The van der Waals surface area contributed by atoms with Gasteiger partial charge in [-0.2, -0.15) is 0 Å². The fourth-order valence-corrected chi connectivity index (χ4v) is 8.20. The molecule has 2 aliphatic rings. The topological polar surface area (TPSA) is 238 Å². The molecule has 0 unspecified atom stereocenters. The zero-order valence-electron chi connectivity index (χ0n) is 33.3. The quantitative estimate of drug-likeness (QED) is 0.0756. The first-order chi connectivity index (χ1) is 27.4. The van der Waals surface area contributed by atoms with Crippen LogP contribution in [0.25, 0.3) is 10.4 Å². The number of carbonyl (C=O) groups is 4. The Kier molecular flexibility index (Phi) is 13.9. The van der Waals surface area contributed by atoms with Gasteiger partial charge >= 0.3 is 11.7 Å². The number of aryl methyl sites for hydroxylation is 2. The molecule has 5 rings (SSSR count). The van der Waals surface area contributed by atoms with Crippen LogP contribution in [-0.2, 0) is 41.6 Å². The molecule has 2 aliphatic heterocycles. The number of azide groups is 1. The van der Waals surface area contributed by atoms with Crippen molar-refractivity contribution >= 4 is 35.5 Å². The van der Waals surface area contributed by atoms with E-state index in [9.17, 15) is 33.9 Å². The molecule has 6 atom stereocenters. The number of aromatic nitrogens is 2. The number of amides is 3. The van der Waals surface area contributed by atoms with Crippen molar-refractivity contribution in [3.63, 3.8) is 0 Å². The number of hydrogen-bond donors (Lipinski definition) is 4. The van der Waals surface area contributed by atoms with Gasteiger partial charge in [-0.15, -0.1) is 11.8 Å². The molecule has 58 heavy (non-hydrogen) atoms. The normalized spacial score (nSPS) is 21.1. The summed E-state index contributed by atoms with van der Waals surface area (Å²) in [5, 5.41) is 21.1. The van der Waals surface area contributed by atoms with E-state index in [2.05, 4.69) is 25.6 Å². The number of esters is 1. The predicted molar refractivity (Wildman–Crippen MR) is 215 cm³/mol. The average molecular weight is 819 g/mol. The van der Waals surface area contributed by atoms with E-state index in [1.807, 2.05) is 51.1 Å². The molecule has 3 aromatic rings. The maximum Gasteiger partial charge on any atom is 0.330 e. The molecule has 0 aliphatic carbocycles. The fraction of sp³-hybridized carbons (Fsp3) is 0.500. The van der Waals surface area contributed by atoms with Crippen LogP contribution in [0.1, 0.15) is 69.0 Å². The minimum absolute atomic E-state index is 0.0672. The van der Waals surface area contributed by atoms with E-state index in [1.54, 1.807) is 24.3 Å². The zero-order chi connectivity index (χ0) is 42.4. The predicted octanol–water partition coefficient (Wildman–Crippen LogP) is 3.16. The highest BCUT2D eigenvalue weighted by atomic mass is 32.2. The third-order valence-electron chi connectivity index (χ3n) is 10.5. The van der Waals surface area contributed by atoms with Gasteiger partial charge in [-0.05, 0) is 70.2 Å². The highest BCUT2D eigenvalue weighted by Gasteiger charge is 2.50. The number of nitrogens with one attached hydrogen (secondary N) is 3. The van der Waals surface area contributed by atoms with Gasteiger partial charge in [-0.1, -0.05) is 59.7 Å². The Morgan fingerprint density at radius 2 is 1.79 bits per heavy atom. The van der Waals surface area contributed by atoms with Crippen LogP contribution in [-0.4, -0.2) is 90.8 Å². The second-order valence-corrected chi connectivity index (χ2v) is 17.4. The first-order valence-electron chi connectivity index (χ1n) is 18.9. The lowest BCUT2D eigenvalue weighted by atomic mass is 9.88. The molecule has 3 heterocycles. The van der Waals surface area contributed by atoms with E-state index in [0.29, 0.717) is 0 Å². The van der Waals surface area contributed by atoms with Crippen LogP contribution in [0.2, 0.25) is 0 Å². The Morgan fingerprint density at radius 1 is 1.10 bits per heavy atom. The summed E-state index contributed by atoms with van der Waals surface area (Å²) < 4.78 is 12.0. The summed E-state index contributed by atoms with van der Waals surface area (Å²) in [7, 11) is 0. The number of thioether (sulfide) groups is 1. The molecular formula is C40H50N8O9S. The van der Waals surface area contributed by atoms with Gasteiger partial charge in [0.25, 0.3) is 11.5 Å².